The summed E-state index contributed by atoms with van der Waals surface area (Å²) in [7, 11) is 1.62. The minimum atomic E-state index is -0.0906. The summed E-state index contributed by atoms with van der Waals surface area (Å²) in [6.45, 7) is 6.68. The summed E-state index contributed by atoms with van der Waals surface area (Å²) in [6.07, 6.45) is 0.747. The normalized spacial score (nSPS) is 12.1. The van der Waals surface area contributed by atoms with Crippen LogP contribution in [0.2, 0.25) is 0 Å². The second-order valence-electron chi connectivity index (χ2n) is 5.67. The minimum Gasteiger partial charge on any atom is -0.370 e. The highest BCUT2D eigenvalue weighted by molar-refractivity contribution is 5.94. The van der Waals surface area contributed by atoms with Gasteiger partial charge in [-0.3, -0.25) is 9.79 Å². The zero-order chi connectivity index (χ0) is 15.2. The van der Waals surface area contributed by atoms with Crippen LogP contribution in [0.4, 0.5) is 0 Å². The lowest BCUT2D eigenvalue weighted by molar-refractivity contribution is 0.0963. The smallest absolute Gasteiger partial charge is 0.251 e. The molecule has 0 aromatic heterocycles. The topological polar surface area (TPSA) is 79.5 Å². The van der Waals surface area contributed by atoms with E-state index in [9.17, 15) is 4.79 Å². The molecular weight excluding hydrogens is 252 g/mol. The Hall–Kier alpha value is -2.04. The van der Waals surface area contributed by atoms with E-state index in [2.05, 4.69) is 15.6 Å². The molecule has 4 N–H and O–H groups in total. The Morgan fingerprint density at radius 1 is 1.35 bits per heavy atom. The molecule has 0 aliphatic rings. The van der Waals surface area contributed by atoms with Gasteiger partial charge in [0.2, 0.25) is 0 Å². The lowest BCUT2D eigenvalue weighted by Crippen LogP contribution is -2.45. The summed E-state index contributed by atoms with van der Waals surface area (Å²) in [5, 5.41) is 5.72. The highest BCUT2D eigenvalue weighted by Gasteiger charge is 2.09. The number of nitrogens with two attached hydrogens (primary N) is 1. The summed E-state index contributed by atoms with van der Waals surface area (Å²) in [5.74, 6) is 0.365. The average Bonchev–Trinajstić information content (AvgIpc) is 2.36. The van der Waals surface area contributed by atoms with Gasteiger partial charge in [0.15, 0.2) is 5.96 Å². The van der Waals surface area contributed by atoms with Gasteiger partial charge in [0.25, 0.3) is 5.91 Å². The first-order valence-corrected chi connectivity index (χ1v) is 6.71. The van der Waals surface area contributed by atoms with Crippen LogP contribution < -0.4 is 16.4 Å². The third-order valence-electron chi connectivity index (χ3n) is 2.60. The second kappa shape index (κ2) is 6.93. The summed E-state index contributed by atoms with van der Waals surface area (Å²) in [4.78, 5) is 15.8. The van der Waals surface area contributed by atoms with Gasteiger partial charge in [0.05, 0.1) is 0 Å². The van der Waals surface area contributed by atoms with E-state index in [4.69, 9.17) is 5.73 Å². The Morgan fingerprint density at radius 2 is 2.05 bits per heavy atom. The molecule has 20 heavy (non-hydrogen) atoms. The van der Waals surface area contributed by atoms with Gasteiger partial charge in [-0.1, -0.05) is 12.1 Å². The van der Waals surface area contributed by atoms with Gasteiger partial charge in [-0.05, 0) is 44.9 Å². The molecule has 0 spiro atoms. The van der Waals surface area contributed by atoms with Crippen molar-refractivity contribution in [3.05, 3.63) is 35.4 Å². The fourth-order valence-electron chi connectivity index (χ4n) is 1.74. The van der Waals surface area contributed by atoms with E-state index in [1.54, 1.807) is 13.1 Å². The number of hydrogen-bond acceptors (Lipinski definition) is 2. The Balaban J connectivity index is 2.58. The molecule has 0 fully saturated rings. The number of benzene rings is 1. The van der Waals surface area contributed by atoms with Crippen LogP contribution in [-0.2, 0) is 6.42 Å². The van der Waals surface area contributed by atoms with Crippen molar-refractivity contribution in [2.45, 2.75) is 32.7 Å². The van der Waals surface area contributed by atoms with Crippen molar-refractivity contribution in [2.24, 2.45) is 10.7 Å². The molecule has 5 nitrogen and oxygen atoms in total. The molecule has 110 valence electrons. The van der Waals surface area contributed by atoms with E-state index in [0.29, 0.717) is 18.1 Å². The van der Waals surface area contributed by atoms with E-state index in [0.717, 1.165) is 12.0 Å². The van der Waals surface area contributed by atoms with Crippen LogP contribution in [-0.4, -0.2) is 31.0 Å². The van der Waals surface area contributed by atoms with E-state index < -0.39 is 0 Å². The van der Waals surface area contributed by atoms with E-state index in [1.165, 1.54) is 0 Å². The standard InChI is InChI=1S/C15H24N4O/c1-15(2,3)19-14(16)18-9-8-11-6-5-7-12(10-11)13(20)17-4/h5-7,10H,8-9H2,1-4H3,(H,17,20)(H3,16,18,19). The largest absolute Gasteiger partial charge is 0.370 e. The van der Waals surface area contributed by atoms with Crippen LogP contribution in [0.3, 0.4) is 0 Å². The number of amides is 1. The molecule has 1 aromatic rings. The van der Waals surface area contributed by atoms with Gasteiger partial charge in [-0.15, -0.1) is 0 Å². The SMILES string of the molecule is CNC(=O)c1cccc(CCN=C(N)NC(C)(C)C)c1. The van der Waals surface area contributed by atoms with E-state index in [1.807, 2.05) is 39.0 Å². The number of rotatable bonds is 4. The summed E-state index contributed by atoms with van der Waals surface area (Å²) >= 11 is 0. The molecule has 0 radical (unpaired) electrons. The van der Waals surface area contributed by atoms with Crippen molar-refractivity contribution in [2.75, 3.05) is 13.6 Å². The number of nitrogens with zero attached hydrogens (tertiary/aromatic N) is 1. The van der Waals surface area contributed by atoms with Gasteiger partial charge >= 0.3 is 0 Å². The maximum atomic E-state index is 11.5. The molecule has 0 atom stereocenters. The van der Waals surface area contributed by atoms with Crippen LogP contribution >= 0.6 is 0 Å². The number of aliphatic imine (C=N–C) groups is 1. The van der Waals surface area contributed by atoms with Crippen LogP contribution in [0.5, 0.6) is 0 Å². The van der Waals surface area contributed by atoms with Gasteiger partial charge < -0.3 is 16.4 Å². The van der Waals surface area contributed by atoms with Crippen LogP contribution in [0.25, 0.3) is 0 Å². The fourth-order valence-corrected chi connectivity index (χ4v) is 1.74. The van der Waals surface area contributed by atoms with Gasteiger partial charge in [0, 0.05) is 24.7 Å². The van der Waals surface area contributed by atoms with Crippen molar-refractivity contribution < 1.29 is 4.79 Å². The number of hydrogen-bond donors (Lipinski definition) is 3. The Labute approximate surface area is 120 Å². The van der Waals surface area contributed by atoms with Crippen molar-refractivity contribution in [1.82, 2.24) is 10.6 Å². The molecular formula is C15H24N4O. The second-order valence-corrected chi connectivity index (χ2v) is 5.67. The third kappa shape index (κ3) is 5.73. The van der Waals surface area contributed by atoms with Crippen molar-refractivity contribution in [3.8, 4) is 0 Å². The average molecular weight is 276 g/mol. The molecule has 1 rings (SSSR count). The number of carbonyl (C=O) groups excluding carboxylic acids is 1. The first kappa shape index (κ1) is 16.0. The Bertz CT molecular complexity index is 489. The summed E-state index contributed by atoms with van der Waals surface area (Å²) in [6, 6.07) is 7.53. The molecule has 0 saturated heterocycles. The maximum absolute atomic E-state index is 11.5. The van der Waals surface area contributed by atoms with Gasteiger partial charge in [-0.25, -0.2) is 0 Å². The molecule has 0 unspecified atom stereocenters. The maximum Gasteiger partial charge on any atom is 0.251 e. The van der Waals surface area contributed by atoms with E-state index in [-0.39, 0.29) is 11.4 Å². The first-order valence-electron chi connectivity index (χ1n) is 6.71. The molecule has 0 aliphatic carbocycles. The first-order chi connectivity index (χ1) is 9.31. The van der Waals surface area contributed by atoms with Crippen LogP contribution in [0.15, 0.2) is 29.3 Å². The number of guanidine groups is 1. The highest BCUT2D eigenvalue weighted by Crippen LogP contribution is 2.06. The number of carbonyl (C=O) groups is 1. The highest BCUT2D eigenvalue weighted by atomic mass is 16.1. The Morgan fingerprint density at radius 3 is 2.65 bits per heavy atom. The van der Waals surface area contributed by atoms with Crippen molar-refractivity contribution in [3.63, 3.8) is 0 Å². The lowest BCUT2D eigenvalue weighted by Gasteiger charge is -2.20. The molecule has 5 heteroatoms. The summed E-state index contributed by atoms with van der Waals surface area (Å²) < 4.78 is 0. The van der Waals surface area contributed by atoms with Crippen molar-refractivity contribution in [1.29, 1.82) is 0 Å². The molecule has 0 aliphatic heterocycles. The van der Waals surface area contributed by atoms with Crippen LogP contribution in [0.1, 0.15) is 36.7 Å². The molecule has 0 saturated carbocycles. The third-order valence-corrected chi connectivity index (χ3v) is 2.60. The molecule has 0 bridgehead atoms. The van der Waals surface area contributed by atoms with Crippen molar-refractivity contribution >= 4 is 11.9 Å². The summed E-state index contributed by atoms with van der Waals surface area (Å²) in [5.41, 5.74) is 7.44. The molecule has 0 heterocycles. The Kier molecular flexibility index (Phi) is 5.55. The zero-order valence-corrected chi connectivity index (χ0v) is 12.7. The lowest BCUT2D eigenvalue weighted by atomic mass is 10.1. The molecule has 1 aromatic carbocycles. The van der Waals surface area contributed by atoms with Gasteiger partial charge in [-0.2, -0.15) is 0 Å². The van der Waals surface area contributed by atoms with Gasteiger partial charge in [0.1, 0.15) is 0 Å². The minimum absolute atomic E-state index is 0.0794. The quantitative estimate of drug-likeness (QED) is 0.573. The zero-order valence-electron chi connectivity index (χ0n) is 12.7. The fraction of sp³-hybridized carbons (Fsp3) is 0.467. The predicted molar refractivity (Wildman–Crippen MR) is 82.9 cm³/mol. The predicted octanol–water partition coefficient (Wildman–Crippen LogP) is 1.29. The van der Waals surface area contributed by atoms with Crippen LogP contribution in [0, 0.1) is 0 Å². The monoisotopic (exact) mass is 276 g/mol. The molecule has 1 amide bonds. The van der Waals surface area contributed by atoms with E-state index >= 15 is 0 Å². The number of nitrogens with one attached hydrogen (secondary N) is 2.